The third-order valence-corrected chi connectivity index (χ3v) is 1.65. The molecule has 12 heavy (non-hydrogen) atoms. The minimum absolute atomic E-state index is 0.568. The molecule has 0 amide bonds. The van der Waals surface area contributed by atoms with Crippen LogP contribution >= 0.6 is 0 Å². The topological polar surface area (TPSA) is 29.5 Å². The quantitative estimate of drug-likeness (QED) is 0.748. The fourth-order valence-electron chi connectivity index (χ4n) is 0.915. The van der Waals surface area contributed by atoms with Gasteiger partial charge in [-0.1, -0.05) is 12.1 Å². The number of alkyl halides is 1. The molecule has 0 aliphatic rings. The lowest BCUT2D eigenvalue weighted by molar-refractivity contribution is 0.141. The van der Waals surface area contributed by atoms with E-state index < -0.39 is 12.8 Å². The minimum atomic E-state index is -1.02. The normalized spacial score (nSPS) is 12.6. The summed E-state index contributed by atoms with van der Waals surface area (Å²) in [5.41, 5.74) is 0.568. The summed E-state index contributed by atoms with van der Waals surface area (Å²) >= 11 is 0. The van der Waals surface area contributed by atoms with Crippen molar-refractivity contribution < 1.29 is 14.2 Å². The van der Waals surface area contributed by atoms with Crippen molar-refractivity contribution in [2.24, 2.45) is 0 Å². The average molecular weight is 170 g/mol. The van der Waals surface area contributed by atoms with Crippen molar-refractivity contribution in [3.05, 3.63) is 29.8 Å². The first-order valence-corrected chi connectivity index (χ1v) is 3.66. The molecule has 0 radical (unpaired) electrons. The molecule has 0 bridgehead atoms. The van der Waals surface area contributed by atoms with Gasteiger partial charge in [0.05, 0.1) is 7.11 Å². The SMILES string of the molecule is COc1ccc([C@@H](O)CF)cc1. The zero-order chi connectivity index (χ0) is 8.97. The number of aliphatic hydroxyl groups excluding tert-OH is 1. The highest BCUT2D eigenvalue weighted by molar-refractivity contribution is 5.28. The van der Waals surface area contributed by atoms with Gasteiger partial charge in [0, 0.05) is 0 Å². The molecule has 0 unspecified atom stereocenters. The Bertz CT molecular complexity index is 233. The lowest BCUT2D eigenvalue weighted by Gasteiger charge is -2.06. The second-order valence-electron chi connectivity index (χ2n) is 2.44. The van der Waals surface area contributed by atoms with Gasteiger partial charge >= 0.3 is 0 Å². The summed E-state index contributed by atoms with van der Waals surface area (Å²) in [6.07, 6.45) is -1.02. The number of rotatable bonds is 3. The molecule has 0 saturated heterocycles. The molecule has 1 rings (SSSR count). The van der Waals surface area contributed by atoms with Crippen LogP contribution in [0.5, 0.6) is 5.75 Å². The van der Waals surface area contributed by atoms with Crippen LogP contribution in [0.3, 0.4) is 0 Å². The summed E-state index contributed by atoms with van der Waals surface area (Å²) in [5, 5.41) is 9.08. The zero-order valence-corrected chi connectivity index (χ0v) is 6.83. The number of ether oxygens (including phenoxy) is 1. The molecule has 0 aliphatic heterocycles. The van der Waals surface area contributed by atoms with Crippen LogP contribution in [-0.4, -0.2) is 18.9 Å². The molecular weight excluding hydrogens is 159 g/mol. The molecule has 2 nitrogen and oxygen atoms in total. The molecule has 1 N–H and O–H groups in total. The summed E-state index contributed by atoms with van der Waals surface area (Å²) < 4.78 is 16.9. The van der Waals surface area contributed by atoms with Gasteiger partial charge in [0.25, 0.3) is 0 Å². The third-order valence-electron chi connectivity index (χ3n) is 1.65. The highest BCUT2D eigenvalue weighted by Crippen LogP contribution is 2.17. The smallest absolute Gasteiger partial charge is 0.119 e. The van der Waals surface area contributed by atoms with Crippen molar-refractivity contribution >= 4 is 0 Å². The van der Waals surface area contributed by atoms with Crippen molar-refractivity contribution in [1.29, 1.82) is 0 Å². The van der Waals surface area contributed by atoms with E-state index in [1.165, 1.54) is 0 Å². The minimum Gasteiger partial charge on any atom is -0.497 e. The summed E-state index contributed by atoms with van der Waals surface area (Å²) in [7, 11) is 1.56. The predicted molar refractivity (Wildman–Crippen MR) is 43.9 cm³/mol. The standard InChI is InChI=1S/C9H11FO2/c1-12-8-4-2-7(3-5-8)9(11)6-10/h2-5,9,11H,6H2,1H3/t9-/m0/s1. The molecule has 66 valence electrons. The van der Waals surface area contributed by atoms with Gasteiger partial charge in [-0.15, -0.1) is 0 Å². The second-order valence-corrected chi connectivity index (χ2v) is 2.44. The first-order chi connectivity index (χ1) is 5.77. The Labute approximate surface area is 70.6 Å². The van der Waals surface area contributed by atoms with Gasteiger partial charge in [-0.25, -0.2) is 4.39 Å². The fraction of sp³-hybridized carbons (Fsp3) is 0.333. The van der Waals surface area contributed by atoms with Crippen LogP contribution in [0, 0.1) is 0 Å². The summed E-state index contributed by atoms with van der Waals surface area (Å²) in [6, 6.07) is 6.66. The Morgan fingerprint density at radius 3 is 2.42 bits per heavy atom. The van der Waals surface area contributed by atoms with E-state index in [2.05, 4.69) is 0 Å². The van der Waals surface area contributed by atoms with E-state index in [-0.39, 0.29) is 0 Å². The van der Waals surface area contributed by atoms with E-state index in [9.17, 15) is 4.39 Å². The van der Waals surface area contributed by atoms with Crippen molar-refractivity contribution in [2.45, 2.75) is 6.10 Å². The number of hydrogen-bond donors (Lipinski definition) is 1. The van der Waals surface area contributed by atoms with Crippen LogP contribution < -0.4 is 4.74 Å². The molecule has 0 saturated carbocycles. The van der Waals surface area contributed by atoms with Gasteiger partial charge in [0.1, 0.15) is 18.5 Å². The van der Waals surface area contributed by atoms with E-state index in [1.54, 1.807) is 31.4 Å². The third kappa shape index (κ3) is 1.95. The van der Waals surface area contributed by atoms with E-state index in [0.717, 1.165) is 0 Å². The van der Waals surface area contributed by atoms with Crippen molar-refractivity contribution in [3.8, 4) is 5.75 Å². The number of benzene rings is 1. The van der Waals surface area contributed by atoms with Gasteiger partial charge in [-0.3, -0.25) is 0 Å². The molecular formula is C9H11FO2. The molecule has 0 spiro atoms. The van der Waals surface area contributed by atoms with Crippen molar-refractivity contribution in [3.63, 3.8) is 0 Å². The maximum Gasteiger partial charge on any atom is 0.119 e. The monoisotopic (exact) mass is 170 g/mol. The number of aliphatic hydroxyl groups is 1. The van der Waals surface area contributed by atoms with Gasteiger partial charge in [-0.2, -0.15) is 0 Å². The lowest BCUT2D eigenvalue weighted by atomic mass is 10.1. The number of hydrogen-bond acceptors (Lipinski definition) is 2. The number of methoxy groups -OCH3 is 1. The Morgan fingerprint density at radius 2 is 2.00 bits per heavy atom. The first-order valence-electron chi connectivity index (χ1n) is 3.66. The lowest BCUT2D eigenvalue weighted by Crippen LogP contribution is -1.98. The maximum atomic E-state index is 12.0. The average Bonchev–Trinajstić information content (AvgIpc) is 2.17. The molecule has 0 aromatic heterocycles. The Balaban J connectivity index is 2.77. The van der Waals surface area contributed by atoms with Crippen LogP contribution in [0.4, 0.5) is 4.39 Å². The number of halogens is 1. The summed E-state index contributed by atoms with van der Waals surface area (Å²) in [5.74, 6) is 0.699. The van der Waals surface area contributed by atoms with Crippen LogP contribution in [-0.2, 0) is 0 Å². The molecule has 1 aromatic carbocycles. The van der Waals surface area contributed by atoms with Crippen molar-refractivity contribution in [1.82, 2.24) is 0 Å². The fourth-order valence-corrected chi connectivity index (χ4v) is 0.915. The molecule has 3 heteroatoms. The first kappa shape index (κ1) is 9.00. The van der Waals surface area contributed by atoms with Crippen LogP contribution in [0.25, 0.3) is 0 Å². The highest BCUT2D eigenvalue weighted by Gasteiger charge is 2.05. The van der Waals surface area contributed by atoms with Gasteiger partial charge in [0.2, 0.25) is 0 Å². The Morgan fingerprint density at radius 1 is 1.42 bits per heavy atom. The predicted octanol–water partition coefficient (Wildman–Crippen LogP) is 1.70. The van der Waals surface area contributed by atoms with Gasteiger partial charge in [-0.05, 0) is 17.7 Å². The molecule has 0 heterocycles. The Hall–Kier alpha value is -1.09. The molecule has 0 aliphatic carbocycles. The van der Waals surface area contributed by atoms with Crippen LogP contribution in [0.1, 0.15) is 11.7 Å². The van der Waals surface area contributed by atoms with E-state index in [1.807, 2.05) is 0 Å². The summed E-state index contributed by atoms with van der Waals surface area (Å²) in [4.78, 5) is 0. The van der Waals surface area contributed by atoms with Crippen LogP contribution in [0.15, 0.2) is 24.3 Å². The zero-order valence-electron chi connectivity index (χ0n) is 6.83. The molecule has 0 fully saturated rings. The summed E-state index contributed by atoms with van der Waals surface area (Å²) in [6.45, 7) is -0.758. The van der Waals surface area contributed by atoms with Crippen molar-refractivity contribution in [2.75, 3.05) is 13.8 Å². The largest absolute Gasteiger partial charge is 0.497 e. The maximum absolute atomic E-state index is 12.0. The molecule has 1 aromatic rings. The second kappa shape index (κ2) is 4.07. The van der Waals surface area contributed by atoms with Crippen LogP contribution in [0.2, 0.25) is 0 Å². The van der Waals surface area contributed by atoms with E-state index in [4.69, 9.17) is 9.84 Å². The van der Waals surface area contributed by atoms with Gasteiger partial charge < -0.3 is 9.84 Å². The highest BCUT2D eigenvalue weighted by atomic mass is 19.1. The van der Waals surface area contributed by atoms with E-state index >= 15 is 0 Å². The van der Waals surface area contributed by atoms with Gasteiger partial charge in [0.15, 0.2) is 0 Å². The molecule has 1 atom stereocenters. The Kier molecular flexibility index (Phi) is 3.05. The van der Waals surface area contributed by atoms with E-state index in [0.29, 0.717) is 11.3 Å².